The van der Waals surface area contributed by atoms with Gasteiger partial charge in [0.2, 0.25) is 0 Å². The highest BCUT2D eigenvalue weighted by Gasteiger charge is 2.43. The minimum absolute atomic E-state index is 0.00452. The molecule has 0 heterocycles. The standard InChI is InChI=1S/C28H22N2O5/c1-35-28(21-13-7-3-8-14-21,22-15-9-4-10-16-22)27(32)29-25-18-17-23(30(33)34)19-24(25)26(31)20-11-5-2-6-12-20/h2-19H,1H3,(H,29,32). The summed E-state index contributed by atoms with van der Waals surface area (Å²) in [6.07, 6.45) is 0. The number of nitro benzene ring substituents is 1. The molecule has 0 unspecified atom stereocenters. The molecule has 1 N–H and O–H groups in total. The Morgan fingerprint density at radius 1 is 0.800 bits per heavy atom. The predicted molar refractivity (Wildman–Crippen MR) is 132 cm³/mol. The van der Waals surface area contributed by atoms with Gasteiger partial charge >= 0.3 is 0 Å². The Kier molecular flexibility index (Phi) is 6.80. The van der Waals surface area contributed by atoms with E-state index in [9.17, 15) is 19.7 Å². The molecule has 0 aromatic heterocycles. The van der Waals surface area contributed by atoms with Crippen molar-refractivity contribution < 1.29 is 19.2 Å². The molecule has 1 amide bonds. The summed E-state index contributed by atoms with van der Waals surface area (Å²) >= 11 is 0. The first-order valence-corrected chi connectivity index (χ1v) is 10.8. The summed E-state index contributed by atoms with van der Waals surface area (Å²) in [6, 6.07) is 30.2. The van der Waals surface area contributed by atoms with Gasteiger partial charge in [0.1, 0.15) is 0 Å². The average molecular weight is 466 g/mol. The monoisotopic (exact) mass is 466 g/mol. The van der Waals surface area contributed by atoms with Crippen molar-refractivity contribution in [2.45, 2.75) is 5.60 Å². The number of hydrogen-bond acceptors (Lipinski definition) is 5. The number of carbonyl (C=O) groups excluding carboxylic acids is 2. The summed E-state index contributed by atoms with van der Waals surface area (Å²) in [5.41, 5.74) is -0.128. The van der Waals surface area contributed by atoms with Crippen LogP contribution in [0, 0.1) is 10.1 Å². The molecule has 0 bridgehead atoms. The van der Waals surface area contributed by atoms with Gasteiger partial charge in [0.05, 0.1) is 16.2 Å². The largest absolute Gasteiger partial charge is 0.359 e. The second kappa shape index (κ2) is 10.1. The van der Waals surface area contributed by atoms with Gasteiger partial charge in [0.15, 0.2) is 11.4 Å². The maximum atomic E-state index is 13.9. The molecular weight excluding hydrogens is 444 g/mol. The summed E-state index contributed by atoms with van der Waals surface area (Å²) in [5.74, 6) is -1.000. The third-order valence-corrected chi connectivity index (χ3v) is 5.73. The van der Waals surface area contributed by atoms with Crippen LogP contribution in [0.3, 0.4) is 0 Å². The van der Waals surface area contributed by atoms with Crippen molar-refractivity contribution >= 4 is 23.1 Å². The number of nitrogens with zero attached hydrogens (tertiary/aromatic N) is 1. The van der Waals surface area contributed by atoms with Crippen molar-refractivity contribution in [2.75, 3.05) is 12.4 Å². The number of non-ortho nitro benzene ring substituents is 1. The molecule has 174 valence electrons. The topological polar surface area (TPSA) is 98.5 Å². The number of ether oxygens (including phenoxy) is 1. The summed E-state index contributed by atoms with van der Waals surface area (Å²) in [4.78, 5) is 38.0. The Morgan fingerprint density at radius 2 is 1.31 bits per heavy atom. The lowest BCUT2D eigenvalue weighted by Crippen LogP contribution is -2.43. The smallest absolute Gasteiger partial charge is 0.270 e. The molecule has 35 heavy (non-hydrogen) atoms. The number of methoxy groups -OCH3 is 1. The number of anilines is 1. The highest BCUT2D eigenvalue weighted by Crippen LogP contribution is 2.35. The van der Waals surface area contributed by atoms with E-state index in [1.54, 1.807) is 78.9 Å². The van der Waals surface area contributed by atoms with Gasteiger partial charge in [-0.05, 0) is 17.2 Å². The fourth-order valence-corrected chi connectivity index (χ4v) is 4.00. The third-order valence-electron chi connectivity index (χ3n) is 5.73. The number of amides is 1. The van der Waals surface area contributed by atoms with Crippen LogP contribution in [-0.4, -0.2) is 23.7 Å². The van der Waals surface area contributed by atoms with E-state index in [4.69, 9.17) is 4.74 Å². The van der Waals surface area contributed by atoms with Crippen LogP contribution in [0.4, 0.5) is 11.4 Å². The normalized spacial score (nSPS) is 11.0. The van der Waals surface area contributed by atoms with Crippen LogP contribution in [0.5, 0.6) is 0 Å². The fourth-order valence-electron chi connectivity index (χ4n) is 4.00. The van der Waals surface area contributed by atoms with Crippen molar-refractivity contribution in [3.63, 3.8) is 0 Å². The van der Waals surface area contributed by atoms with E-state index in [1.807, 2.05) is 12.1 Å². The summed E-state index contributed by atoms with van der Waals surface area (Å²) < 4.78 is 5.89. The highest BCUT2D eigenvalue weighted by atomic mass is 16.6. The van der Waals surface area contributed by atoms with Crippen LogP contribution in [-0.2, 0) is 15.1 Å². The van der Waals surface area contributed by atoms with Crippen LogP contribution in [0.25, 0.3) is 0 Å². The van der Waals surface area contributed by atoms with Crippen molar-refractivity contribution in [2.24, 2.45) is 0 Å². The predicted octanol–water partition coefficient (Wildman–Crippen LogP) is 5.35. The molecule has 4 rings (SSSR count). The van der Waals surface area contributed by atoms with Crippen LogP contribution in [0.15, 0.2) is 109 Å². The molecule has 4 aromatic carbocycles. The maximum Gasteiger partial charge on any atom is 0.270 e. The van der Waals surface area contributed by atoms with Gasteiger partial charge in [-0.25, -0.2) is 0 Å². The summed E-state index contributed by atoms with van der Waals surface area (Å²) in [7, 11) is 1.44. The molecule has 0 aliphatic carbocycles. The Bertz CT molecular complexity index is 1320. The lowest BCUT2D eigenvalue weighted by atomic mass is 9.85. The van der Waals surface area contributed by atoms with Gasteiger partial charge in [-0.15, -0.1) is 0 Å². The Balaban J connectivity index is 1.83. The molecule has 0 saturated heterocycles. The minimum Gasteiger partial charge on any atom is -0.359 e. The number of rotatable bonds is 8. The molecule has 4 aromatic rings. The molecular formula is C28H22N2O5. The first-order valence-electron chi connectivity index (χ1n) is 10.8. The first-order chi connectivity index (χ1) is 17.0. The van der Waals surface area contributed by atoms with E-state index in [-0.39, 0.29) is 16.9 Å². The van der Waals surface area contributed by atoms with E-state index in [0.717, 1.165) is 0 Å². The van der Waals surface area contributed by atoms with E-state index >= 15 is 0 Å². The van der Waals surface area contributed by atoms with Crippen LogP contribution in [0.1, 0.15) is 27.0 Å². The van der Waals surface area contributed by atoms with Crippen LogP contribution >= 0.6 is 0 Å². The average Bonchev–Trinajstić information content (AvgIpc) is 2.91. The molecule has 7 nitrogen and oxygen atoms in total. The van der Waals surface area contributed by atoms with E-state index in [1.165, 1.54) is 25.3 Å². The van der Waals surface area contributed by atoms with Gasteiger partial charge in [0, 0.05) is 24.8 Å². The van der Waals surface area contributed by atoms with E-state index in [2.05, 4.69) is 5.32 Å². The zero-order chi connectivity index (χ0) is 24.8. The number of ketones is 1. The van der Waals surface area contributed by atoms with Crippen LogP contribution < -0.4 is 5.32 Å². The molecule has 0 radical (unpaired) electrons. The van der Waals surface area contributed by atoms with Gasteiger partial charge in [-0.1, -0.05) is 91.0 Å². The molecule has 7 heteroatoms. The van der Waals surface area contributed by atoms with Crippen molar-refractivity contribution in [1.82, 2.24) is 0 Å². The first kappa shape index (κ1) is 23.5. The SMILES string of the molecule is COC(C(=O)Nc1ccc([N+](=O)[O-])cc1C(=O)c1ccccc1)(c1ccccc1)c1ccccc1. The molecule has 0 atom stereocenters. The van der Waals surface area contributed by atoms with Gasteiger partial charge in [-0.2, -0.15) is 0 Å². The number of nitrogens with one attached hydrogen (secondary N) is 1. The molecule has 0 spiro atoms. The quantitative estimate of drug-likeness (QED) is 0.214. The number of benzene rings is 4. The van der Waals surface area contributed by atoms with E-state index in [0.29, 0.717) is 16.7 Å². The Hall–Kier alpha value is -4.62. The zero-order valence-corrected chi connectivity index (χ0v) is 18.9. The second-order valence-corrected chi connectivity index (χ2v) is 7.75. The number of hydrogen-bond donors (Lipinski definition) is 1. The van der Waals surface area contributed by atoms with Crippen molar-refractivity contribution in [1.29, 1.82) is 0 Å². The van der Waals surface area contributed by atoms with Gasteiger partial charge in [-0.3, -0.25) is 19.7 Å². The molecule has 0 aliphatic rings. The maximum absolute atomic E-state index is 13.9. The minimum atomic E-state index is -1.53. The van der Waals surface area contributed by atoms with Crippen molar-refractivity contribution in [3.8, 4) is 0 Å². The van der Waals surface area contributed by atoms with Crippen molar-refractivity contribution in [3.05, 3.63) is 142 Å². The second-order valence-electron chi connectivity index (χ2n) is 7.75. The number of nitro groups is 1. The summed E-state index contributed by atoms with van der Waals surface area (Å²) in [5, 5.41) is 14.2. The zero-order valence-electron chi connectivity index (χ0n) is 18.9. The lowest BCUT2D eigenvalue weighted by molar-refractivity contribution is -0.384. The molecule has 0 fully saturated rings. The van der Waals surface area contributed by atoms with E-state index < -0.39 is 22.2 Å². The summed E-state index contributed by atoms with van der Waals surface area (Å²) in [6.45, 7) is 0. The molecule has 0 saturated carbocycles. The van der Waals surface area contributed by atoms with Crippen LogP contribution in [0.2, 0.25) is 0 Å². The fraction of sp³-hybridized carbons (Fsp3) is 0.0714. The third kappa shape index (κ3) is 4.58. The molecule has 0 aliphatic heterocycles. The Labute approximate surface area is 202 Å². The van der Waals surface area contributed by atoms with Gasteiger partial charge in [0.25, 0.3) is 11.6 Å². The lowest BCUT2D eigenvalue weighted by Gasteiger charge is -2.32. The number of carbonyl (C=O) groups is 2. The van der Waals surface area contributed by atoms with Gasteiger partial charge < -0.3 is 10.1 Å². The Morgan fingerprint density at radius 3 is 1.80 bits per heavy atom. The highest BCUT2D eigenvalue weighted by molar-refractivity contribution is 6.15.